The molecule has 0 saturated heterocycles. The van der Waals surface area contributed by atoms with Crippen LogP contribution in [0.5, 0.6) is 0 Å². The van der Waals surface area contributed by atoms with Crippen molar-refractivity contribution in [2.75, 3.05) is 11.9 Å². The number of esters is 1. The largest absolute Gasteiger partial charge is 0.452 e. The Bertz CT molecular complexity index is 813. The van der Waals surface area contributed by atoms with Gasteiger partial charge in [0.05, 0.1) is 5.56 Å². The Balaban J connectivity index is 1.84. The second-order valence-electron chi connectivity index (χ2n) is 6.03. The lowest BCUT2D eigenvalue weighted by Crippen LogP contribution is -2.21. The molecule has 0 bridgehead atoms. The van der Waals surface area contributed by atoms with Gasteiger partial charge in [0.25, 0.3) is 5.91 Å². The third-order valence-corrected chi connectivity index (χ3v) is 3.86. The highest BCUT2D eigenvalue weighted by molar-refractivity contribution is 5.95. The molecule has 0 saturated carbocycles. The third-order valence-electron chi connectivity index (χ3n) is 3.86. The fourth-order valence-electron chi connectivity index (χ4n) is 2.22. The van der Waals surface area contributed by atoms with Gasteiger partial charge in [0.2, 0.25) is 5.91 Å². The average molecular weight is 354 g/mol. The Hall–Kier alpha value is -3.15. The van der Waals surface area contributed by atoms with Gasteiger partial charge in [-0.25, -0.2) is 4.79 Å². The number of carbonyl (C=O) groups is 3. The molecule has 2 N–H and O–H groups in total. The van der Waals surface area contributed by atoms with Crippen molar-refractivity contribution >= 4 is 23.5 Å². The topological polar surface area (TPSA) is 84.5 Å². The van der Waals surface area contributed by atoms with Gasteiger partial charge in [0.1, 0.15) is 0 Å². The Morgan fingerprint density at radius 3 is 2.27 bits per heavy atom. The molecule has 0 radical (unpaired) electrons. The van der Waals surface area contributed by atoms with Crippen LogP contribution in [0.3, 0.4) is 0 Å². The van der Waals surface area contributed by atoms with E-state index in [4.69, 9.17) is 4.74 Å². The number of hydrogen-bond donors (Lipinski definition) is 2. The molecule has 0 heterocycles. The molecule has 0 aliphatic rings. The molecule has 0 unspecified atom stereocenters. The first-order valence-corrected chi connectivity index (χ1v) is 8.23. The van der Waals surface area contributed by atoms with Crippen LogP contribution in [0.25, 0.3) is 0 Å². The second-order valence-corrected chi connectivity index (χ2v) is 6.03. The molecule has 0 aromatic heterocycles. The van der Waals surface area contributed by atoms with Crippen molar-refractivity contribution < 1.29 is 19.1 Å². The molecule has 0 atom stereocenters. The fraction of sp³-hybridized carbons (Fsp3) is 0.250. The van der Waals surface area contributed by atoms with Crippen LogP contribution in [0.1, 0.15) is 34.0 Å². The van der Waals surface area contributed by atoms with Crippen molar-refractivity contribution in [1.82, 2.24) is 5.32 Å². The lowest BCUT2D eigenvalue weighted by molar-refractivity contribution is -0.119. The highest BCUT2D eigenvalue weighted by atomic mass is 16.5. The van der Waals surface area contributed by atoms with Gasteiger partial charge in [-0.1, -0.05) is 18.2 Å². The number of ether oxygens (including phenoxy) is 1. The highest BCUT2D eigenvalue weighted by Gasteiger charge is 2.11. The standard InChI is InChI=1S/C20H22N2O4/c1-13-4-9-18(10-14(13)2)22-19(24)12-26-20(25)17-7-5-16(6-8-17)11-21-15(3)23/h4-10H,11-12H2,1-3H3,(H,21,23)(H,22,24). The molecule has 2 aromatic rings. The molecule has 2 aromatic carbocycles. The normalized spacial score (nSPS) is 10.1. The summed E-state index contributed by atoms with van der Waals surface area (Å²) in [7, 11) is 0. The average Bonchev–Trinajstić information content (AvgIpc) is 2.61. The fourth-order valence-corrected chi connectivity index (χ4v) is 2.22. The van der Waals surface area contributed by atoms with Gasteiger partial charge in [-0.3, -0.25) is 9.59 Å². The molecule has 0 spiro atoms. The van der Waals surface area contributed by atoms with E-state index >= 15 is 0 Å². The van der Waals surface area contributed by atoms with Gasteiger partial charge >= 0.3 is 5.97 Å². The molecule has 6 nitrogen and oxygen atoms in total. The highest BCUT2D eigenvalue weighted by Crippen LogP contribution is 2.14. The van der Waals surface area contributed by atoms with Crippen molar-refractivity contribution in [3.05, 3.63) is 64.7 Å². The van der Waals surface area contributed by atoms with Gasteiger partial charge < -0.3 is 15.4 Å². The number of benzene rings is 2. The van der Waals surface area contributed by atoms with E-state index < -0.39 is 11.9 Å². The minimum absolute atomic E-state index is 0.122. The van der Waals surface area contributed by atoms with Gasteiger partial charge in [0.15, 0.2) is 6.61 Å². The summed E-state index contributed by atoms with van der Waals surface area (Å²) < 4.78 is 5.03. The van der Waals surface area contributed by atoms with Crippen molar-refractivity contribution in [2.45, 2.75) is 27.3 Å². The van der Waals surface area contributed by atoms with Crippen LogP contribution >= 0.6 is 0 Å². The zero-order valence-corrected chi connectivity index (χ0v) is 15.1. The molecule has 26 heavy (non-hydrogen) atoms. The predicted octanol–water partition coefficient (Wildman–Crippen LogP) is 2.74. The van der Waals surface area contributed by atoms with Gasteiger partial charge in [-0.15, -0.1) is 0 Å². The smallest absolute Gasteiger partial charge is 0.338 e. The van der Waals surface area contributed by atoms with Crippen LogP contribution in [0.2, 0.25) is 0 Å². The molecule has 2 rings (SSSR count). The van der Waals surface area contributed by atoms with E-state index in [9.17, 15) is 14.4 Å². The van der Waals surface area contributed by atoms with Gasteiger partial charge in [-0.05, 0) is 54.8 Å². The van der Waals surface area contributed by atoms with E-state index in [0.29, 0.717) is 17.8 Å². The number of amides is 2. The van der Waals surface area contributed by atoms with E-state index in [2.05, 4.69) is 10.6 Å². The van der Waals surface area contributed by atoms with Crippen molar-refractivity contribution in [3.8, 4) is 0 Å². The molecular formula is C20H22N2O4. The van der Waals surface area contributed by atoms with Crippen LogP contribution in [0.4, 0.5) is 5.69 Å². The van der Waals surface area contributed by atoms with Crippen LogP contribution in [0.15, 0.2) is 42.5 Å². The Kier molecular flexibility index (Phi) is 6.49. The maximum absolute atomic E-state index is 12.0. The van der Waals surface area contributed by atoms with Crippen LogP contribution in [0, 0.1) is 13.8 Å². The first-order chi connectivity index (χ1) is 12.3. The molecule has 2 amide bonds. The summed E-state index contributed by atoms with van der Waals surface area (Å²) in [6.07, 6.45) is 0. The Labute approximate surface area is 152 Å². The first kappa shape index (κ1) is 19.2. The third kappa shape index (κ3) is 5.73. The van der Waals surface area contributed by atoms with E-state index in [0.717, 1.165) is 16.7 Å². The zero-order valence-electron chi connectivity index (χ0n) is 15.1. The summed E-state index contributed by atoms with van der Waals surface area (Å²) in [4.78, 5) is 34.8. The van der Waals surface area contributed by atoms with E-state index in [1.165, 1.54) is 6.92 Å². The summed E-state index contributed by atoms with van der Waals surface area (Å²) in [6.45, 7) is 5.42. The van der Waals surface area contributed by atoms with Crippen LogP contribution in [-0.2, 0) is 20.9 Å². The van der Waals surface area contributed by atoms with Crippen molar-refractivity contribution in [1.29, 1.82) is 0 Å². The Morgan fingerprint density at radius 1 is 0.962 bits per heavy atom. The summed E-state index contributed by atoms with van der Waals surface area (Å²) in [6, 6.07) is 12.2. The lowest BCUT2D eigenvalue weighted by Gasteiger charge is -2.09. The molecule has 0 aliphatic carbocycles. The van der Waals surface area contributed by atoms with E-state index in [-0.39, 0.29) is 12.5 Å². The zero-order chi connectivity index (χ0) is 19.1. The second kappa shape index (κ2) is 8.80. The number of rotatable bonds is 6. The SMILES string of the molecule is CC(=O)NCc1ccc(C(=O)OCC(=O)Nc2ccc(C)c(C)c2)cc1. The summed E-state index contributed by atoms with van der Waals surface area (Å²) in [5.74, 6) is -1.10. The number of aryl methyl sites for hydroxylation is 2. The maximum Gasteiger partial charge on any atom is 0.338 e. The molecule has 0 fully saturated rings. The number of anilines is 1. The molecule has 0 aliphatic heterocycles. The maximum atomic E-state index is 12.0. The van der Waals surface area contributed by atoms with Gasteiger partial charge in [0, 0.05) is 19.2 Å². The first-order valence-electron chi connectivity index (χ1n) is 8.23. The lowest BCUT2D eigenvalue weighted by atomic mass is 10.1. The number of hydrogen-bond acceptors (Lipinski definition) is 4. The minimum atomic E-state index is -0.577. The predicted molar refractivity (Wildman–Crippen MR) is 98.8 cm³/mol. The summed E-state index contributed by atoms with van der Waals surface area (Å²) in [5.41, 5.74) is 4.08. The summed E-state index contributed by atoms with van der Waals surface area (Å²) in [5, 5.41) is 5.37. The van der Waals surface area contributed by atoms with Gasteiger partial charge in [-0.2, -0.15) is 0 Å². The van der Waals surface area contributed by atoms with Crippen molar-refractivity contribution in [2.24, 2.45) is 0 Å². The number of carbonyl (C=O) groups excluding carboxylic acids is 3. The monoisotopic (exact) mass is 354 g/mol. The molecule has 136 valence electrons. The minimum Gasteiger partial charge on any atom is -0.452 e. The summed E-state index contributed by atoms with van der Waals surface area (Å²) >= 11 is 0. The van der Waals surface area contributed by atoms with Crippen LogP contribution < -0.4 is 10.6 Å². The Morgan fingerprint density at radius 2 is 1.65 bits per heavy atom. The van der Waals surface area contributed by atoms with Crippen LogP contribution in [-0.4, -0.2) is 24.4 Å². The molecular weight excluding hydrogens is 332 g/mol. The van der Waals surface area contributed by atoms with E-state index in [1.54, 1.807) is 30.3 Å². The van der Waals surface area contributed by atoms with Crippen molar-refractivity contribution in [3.63, 3.8) is 0 Å². The molecule has 6 heteroatoms. The number of nitrogens with one attached hydrogen (secondary N) is 2. The quantitative estimate of drug-likeness (QED) is 0.781. The van der Waals surface area contributed by atoms with E-state index in [1.807, 2.05) is 26.0 Å².